The van der Waals surface area contributed by atoms with E-state index < -0.39 is 0 Å². The van der Waals surface area contributed by atoms with Crippen LogP contribution in [0.5, 0.6) is 0 Å². The first-order valence-electron chi connectivity index (χ1n) is 5.53. The predicted molar refractivity (Wildman–Crippen MR) is 56.6 cm³/mol. The Morgan fingerprint density at radius 3 is 3.07 bits per heavy atom. The molecule has 1 aliphatic heterocycles. The number of nitrogens with zero attached hydrogens (tertiary/aromatic N) is 1. The average Bonchev–Trinajstić information content (AvgIpc) is 2.49. The molecule has 0 atom stereocenters. The molecule has 1 aromatic heterocycles. The highest BCUT2D eigenvalue weighted by atomic mass is 16.1. The fraction of sp³-hybridized carbons (Fsp3) is 0.583. The molecule has 0 radical (unpaired) electrons. The van der Waals surface area contributed by atoms with E-state index in [4.69, 9.17) is 0 Å². The Balaban J connectivity index is 2.26. The lowest BCUT2D eigenvalue weighted by molar-refractivity contribution is 0.0988. The number of aromatic nitrogens is 1. The van der Waals surface area contributed by atoms with E-state index in [-0.39, 0.29) is 5.78 Å². The van der Waals surface area contributed by atoms with Crippen LogP contribution in [0.15, 0.2) is 12.3 Å². The molecule has 0 amide bonds. The molecular formula is C12H17NO. The van der Waals surface area contributed by atoms with Crippen LogP contribution in [-0.4, -0.2) is 10.4 Å². The number of Topliss-reactive ketones (excluding diaryl/α,β-unsaturated/α-hetero) is 1. The summed E-state index contributed by atoms with van der Waals surface area (Å²) in [6, 6.07) is 2.08. The van der Waals surface area contributed by atoms with Crippen LogP contribution < -0.4 is 0 Å². The van der Waals surface area contributed by atoms with Crippen molar-refractivity contribution < 1.29 is 4.79 Å². The van der Waals surface area contributed by atoms with Gasteiger partial charge in [-0.3, -0.25) is 4.79 Å². The summed E-state index contributed by atoms with van der Waals surface area (Å²) in [7, 11) is 0. The van der Waals surface area contributed by atoms with Crippen LogP contribution in [0.1, 0.15) is 48.7 Å². The minimum absolute atomic E-state index is 0.269. The zero-order valence-electron chi connectivity index (χ0n) is 8.75. The van der Waals surface area contributed by atoms with Crippen LogP contribution in [0, 0.1) is 0 Å². The lowest BCUT2D eigenvalue weighted by Crippen LogP contribution is -1.97. The largest absolute Gasteiger partial charge is 0.351 e. The molecule has 2 heterocycles. The molecule has 2 rings (SSSR count). The number of hydrogen-bond acceptors (Lipinski definition) is 1. The standard InChI is InChI=1S/C12H17NO/c1-2-12(14)10-8-11-6-4-3-5-7-13(11)9-10/h8-9H,2-7H2,1H3. The van der Waals surface area contributed by atoms with Gasteiger partial charge in [-0.15, -0.1) is 0 Å². The van der Waals surface area contributed by atoms with Crippen molar-refractivity contribution in [3.05, 3.63) is 23.5 Å². The van der Waals surface area contributed by atoms with Gasteiger partial charge in [-0.25, -0.2) is 0 Å². The molecule has 2 heteroatoms. The number of carbonyl (C=O) groups is 1. The molecule has 2 nitrogen and oxygen atoms in total. The number of ketones is 1. The third-order valence-electron chi connectivity index (χ3n) is 2.96. The first-order valence-corrected chi connectivity index (χ1v) is 5.53. The Hall–Kier alpha value is -1.05. The first-order chi connectivity index (χ1) is 6.81. The molecule has 0 saturated carbocycles. The van der Waals surface area contributed by atoms with Gasteiger partial charge in [0.2, 0.25) is 0 Å². The van der Waals surface area contributed by atoms with E-state index >= 15 is 0 Å². The Kier molecular flexibility index (Phi) is 2.71. The highest BCUT2D eigenvalue weighted by molar-refractivity contribution is 5.95. The van der Waals surface area contributed by atoms with E-state index in [0.29, 0.717) is 6.42 Å². The van der Waals surface area contributed by atoms with Crippen LogP contribution in [-0.2, 0) is 13.0 Å². The summed E-state index contributed by atoms with van der Waals surface area (Å²) in [6.45, 7) is 3.01. The number of carbonyl (C=O) groups excluding carboxylic acids is 1. The molecular weight excluding hydrogens is 174 g/mol. The maximum absolute atomic E-state index is 11.5. The molecule has 0 N–H and O–H groups in total. The smallest absolute Gasteiger partial charge is 0.164 e. The second-order valence-corrected chi connectivity index (χ2v) is 4.00. The second kappa shape index (κ2) is 3.99. The SMILES string of the molecule is CCC(=O)c1cc2n(c1)CCCCC2. The van der Waals surface area contributed by atoms with Gasteiger partial charge < -0.3 is 4.57 Å². The molecule has 0 unspecified atom stereocenters. The van der Waals surface area contributed by atoms with Crippen molar-refractivity contribution >= 4 is 5.78 Å². The number of hydrogen-bond donors (Lipinski definition) is 0. The summed E-state index contributed by atoms with van der Waals surface area (Å²) in [6.07, 6.45) is 7.62. The number of aryl methyl sites for hydroxylation is 2. The Morgan fingerprint density at radius 2 is 2.29 bits per heavy atom. The maximum Gasteiger partial charge on any atom is 0.164 e. The number of fused-ring (bicyclic) bond motifs is 1. The third-order valence-corrected chi connectivity index (χ3v) is 2.96. The van der Waals surface area contributed by atoms with Crippen molar-refractivity contribution in [3.8, 4) is 0 Å². The van der Waals surface area contributed by atoms with Crippen LogP contribution in [0.4, 0.5) is 0 Å². The van der Waals surface area contributed by atoms with E-state index in [9.17, 15) is 4.79 Å². The summed E-state index contributed by atoms with van der Waals surface area (Å²) in [4.78, 5) is 11.5. The van der Waals surface area contributed by atoms with Crippen molar-refractivity contribution in [2.75, 3.05) is 0 Å². The fourth-order valence-corrected chi connectivity index (χ4v) is 2.10. The van der Waals surface area contributed by atoms with E-state index in [0.717, 1.165) is 18.5 Å². The zero-order chi connectivity index (χ0) is 9.97. The lowest BCUT2D eigenvalue weighted by atomic mass is 10.1. The highest BCUT2D eigenvalue weighted by Gasteiger charge is 2.12. The molecule has 1 aliphatic rings. The summed E-state index contributed by atoms with van der Waals surface area (Å²) >= 11 is 0. The minimum atomic E-state index is 0.269. The molecule has 0 fully saturated rings. The van der Waals surface area contributed by atoms with Gasteiger partial charge in [-0.1, -0.05) is 13.3 Å². The van der Waals surface area contributed by atoms with Crippen molar-refractivity contribution in [3.63, 3.8) is 0 Å². The van der Waals surface area contributed by atoms with Crippen LogP contribution in [0.25, 0.3) is 0 Å². The summed E-state index contributed by atoms with van der Waals surface area (Å²) in [5.74, 6) is 0.269. The molecule has 0 spiro atoms. The van der Waals surface area contributed by atoms with Gasteiger partial charge in [0.1, 0.15) is 0 Å². The molecule has 0 aromatic carbocycles. The minimum Gasteiger partial charge on any atom is -0.351 e. The summed E-state index contributed by atoms with van der Waals surface area (Å²) < 4.78 is 2.26. The van der Waals surface area contributed by atoms with Gasteiger partial charge in [0.15, 0.2) is 5.78 Å². The zero-order valence-corrected chi connectivity index (χ0v) is 8.75. The van der Waals surface area contributed by atoms with Crippen LogP contribution >= 0.6 is 0 Å². The molecule has 0 saturated heterocycles. The predicted octanol–water partition coefficient (Wildman–Crippen LogP) is 2.81. The van der Waals surface area contributed by atoms with Crippen LogP contribution in [0.3, 0.4) is 0 Å². The summed E-state index contributed by atoms with van der Waals surface area (Å²) in [5.41, 5.74) is 2.25. The van der Waals surface area contributed by atoms with Gasteiger partial charge in [0.25, 0.3) is 0 Å². The lowest BCUT2D eigenvalue weighted by Gasteiger charge is -2.01. The van der Waals surface area contributed by atoms with Crippen molar-refractivity contribution in [1.29, 1.82) is 0 Å². The van der Waals surface area contributed by atoms with Gasteiger partial charge in [0, 0.05) is 30.4 Å². The first kappa shape index (κ1) is 9.50. The molecule has 76 valence electrons. The van der Waals surface area contributed by atoms with Crippen molar-refractivity contribution in [2.24, 2.45) is 0 Å². The van der Waals surface area contributed by atoms with E-state index in [1.54, 1.807) is 0 Å². The topological polar surface area (TPSA) is 22.0 Å². The van der Waals surface area contributed by atoms with Gasteiger partial charge >= 0.3 is 0 Å². The van der Waals surface area contributed by atoms with Gasteiger partial charge in [-0.2, -0.15) is 0 Å². The van der Waals surface area contributed by atoms with E-state index in [1.807, 2.05) is 13.1 Å². The van der Waals surface area contributed by atoms with Gasteiger partial charge in [0.05, 0.1) is 0 Å². The molecule has 14 heavy (non-hydrogen) atoms. The van der Waals surface area contributed by atoms with E-state index in [2.05, 4.69) is 10.6 Å². The van der Waals surface area contributed by atoms with E-state index in [1.165, 1.54) is 25.0 Å². The van der Waals surface area contributed by atoms with Gasteiger partial charge in [-0.05, 0) is 25.3 Å². The maximum atomic E-state index is 11.5. The molecule has 1 aromatic rings. The quantitative estimate of drug-likeness (QED) is 0.659. The summed E-state index contributed by atoms with van der Waals surface area (Å²) in [5, 5.41) is 0. The monoisotopic (exact) mass is 191 g/mol. The Morgan fingerprint density at radius 1 is 1.43 bits per heavy atom. The molecule has 0 bridgehead atoms. The normalized spacial score (nSPS) is 16.1. The van der Waals surface area contributed by atoms with Crippen molar-refractivity contribution in [2.45, 2.75) is 45.6 Å². The second-order valence-electron chi connectivity index (χ2n) is 4.00. The van der Waals surface area contributed by atoms with Crippen LogP contribution in [0.2, 0.25) is 0 Å². The Bertz CT molecular complexity index is 315. The Labute approximate surface area is 84.9 Å². The number of rotatable bonds is 2. The third kappa shape index (κ3) is 1.74. The van der Waals surface area contributed by atoms with Crippen molar-refractivity contribution in [1.82, 2.24) is 4.57 Å². The fourth-order valence-electron chi connectivity index (χ4n) is 2.10. The molecule has 0 aliphatic carbocycles. The highest BCUT2D eigenvalue weighted by Crippen LogP contribution is 2.18. The average molecular weight is 191 g/mol.